The molecular formula is C15H26N4O. The zero-order chi connectivity index (χ0) is 13.8. The van der Waals surface area contributed by atoms with E-state index in [1.807, 2.05) is 0 Å². The van der Waals surface area contributed by atoms with Gasteiger partial charge in [-0.25, -0.2) is 0 Å². The third-order valence-corrected chi connectivity index (χ3v) is 4.81. The summed E-state index contributed by atoms with van der Waals surface area (Å²) in [6.45, 7) is 4.48. The lowest BCUT2D eigenvalue weighted by Crippen LogP contribution is -2.56. The summed E-state index contributed by atoms with van der Waals surface area (Å²) in [6, 6.07) is 2.24. The summed E-state index contributed by atoms with van der Waals surface area (Å²) in [5.41, 5.74) is 0. The number of piperidine rings is 2. The lowest BCUT2D eigenvalue weighted by molar-refractivity contribution is 0.0252. The number of fused-ring (bicyclic) bond motifs is 2. The lowest BCUT2D eigenvalue weighted by atomic mass is 9.81. The van der Waals surface area contributed by atoms with Crippen LogP contribution in [0.3, 0.4) is 0 Å². The van der Waals surface area contributed by atoms with Crippen molar-refractivity contribution in [3.8, 4) is 0 Å². The molecule has 0 amide bonds. The third-order valence-electron chi connectivity index (χ3n) is 4.81. The second-order valence-electron chi connectivity index (χ2n) is 6.20. The minimum Gasteiger partial charge on any atom is -0.343 e. The van der Waals surface area contributed by atoms with Gasteiger partial charge in [-0.1, -0.05) is 18.5 Å². The van der Waals surface area contributed by atoms with E-state index >= 15 is 0 Å². The maximum absolute atomic E-state index is 4.82. The maximum Gasteiger partial charge on any atom is 0.213 e. The molecule has 1 aromatic rings. The van der Waals surface area contributed by atoms with Crippen LogP contribution in [0.15, 0.2) is 10.9 Å². The minimum atomic E-state index is 0.728. The summed E-state index contributed by atoms with van der Waals surface area (Å²) in [5, 5.41) is 7.65. The van der Waals surface area contributed by atoms with E-state index in [-0.39, 0.29) is 0 Å². The van der Waals surface area contributed by atoms with Crippen LogP contribution < -0.4 is 5.32 Å². The molecule has 0 aromatic carbocycles. The monoisotopic (exact) mass is 278 g/mol. The molecule has 5 nitrogen and oxygen atoms in total. The Hall–Kier alpha value is -0.940. The van der Waals surface area contributed by atoms with Crippen molar-refractivity contribution in [3.63, 3.8) is 0 Å². The highest BCUT2D eigenvalue weighted by Crippen LogP contribution is 2.34. The number of nitrogens with zero attached hydrogens (tertiary/aromatic N) is 3. The Kier molecular flexibility index (Phi) is 4.68. The van der Waals surface area contributed by atoms with Crippen LogP contribution in [0.1, 0.15) is 51.3 Å². The molecule has 0 aliphatic carbocycles. The molecule has 2 saturated heterocycles. The Bertz CT molecular complexity index is 381. The number of hydrogen-bond acceptors (Lipinski definition) is 5. The van der Waals surface area contributed by atoms with Crippen molar-refractivity contribution in [2.45, 2.75) is 70.0 Å². The average molecular weight is 278 g/mol. The van der Waals surface area contributed by atoms with Crippen LogP contribution in [0.5, 0.6) is 0 Å². The predicted octanol–water partition coefficient (Wildman–Crippen LogP) is 2.00. The van der Waals surface area contributed by atoms with Crippen molar-refractivity contribution >= 4 is 0 Å². The van der Waals surface area contributed by atoms with Crippen LogP contribution in [-0.4, -0.2) is 46.3 Å². The molecule has 1 N–H and O–H groups in total. The average Bonchev–Trinajstić information content (AvgIpc) is 2.95. The van der Waals surface area contributed by atoms with E-state index in [1.54, 1.807) is 0 Å². The van der Waals surface area contributed by atoms with E-state index in [0.29, 0.717) is 0 Å². The van der Waals surface area contributed by atoms with Gasteiger partial charge in [-0.05, 0) is 38.6 Å². The van der Waals surface area contributed by atoms with E-state index in [1.165, 1.54) is 44.9 Å². The normalized spacial score (nSPS) is 30.6. The van der Waals surface area contributed by atoms with E-state index in [2.05, 4.69) is 27.3 Å². The molecule has 2 aliphatic heterocycles. The molecule has 1 aromatic heterocycles. The Labute approximate surface area is 121 Å². The van der Waals surface area contributed by atoms with Crippen LogP contribution in [0.4, 0.5) is 0 Å². The number of aromatic nitrogens is 2. The zero-order valence-corrected chi connectivity index (χ0v) is 12.4. The fourth-order valence-corrected chi connectivity index (χ4v) is 3.89. The van der Waals surface area contributed by atoms with Gasteiger partial charge < -0.3 is 9.84 Å². The van der Waals surface area contributed by atoms with Crippen molar-refractivity contribution in [1.82, 2.24) is 20.4 Å². The summed E-state index contributed by atoms with van der Waals surface area (Å²) in [6.07, 6.45) is 10.3. The highest BCUT2D eigenvalue weighted by atomic mass is 16.5. The van der Waals surface area contributed by atoms with E-state index in [4.69, 9.17) is 4.52 Å². The van der Waals surface area contributed by atoms with Gasteiger partial charge in [0, 0.05) is 31.1 Å². The first-order chi connectivity index (χ1) is 9.86. The van der Waals surface area contributed by atoms with Gasteiger partial charge in [0.25, 0.3) is 0 Å². The van der Waals surface area contributed by atoms with Crippen LogP contribution in [0.25, 0.3) is 0 Å². The summed E-state index contributed by atoms with van der Waals surface area (Å²) < 4.78 is 4.82. The van der Waals surface area contributed by atoms with Crippen molar-refractivity contribution in [2.24, 2.45) is 0 Å². The first kappa shape index (κ1) is 14.0. The van der Waals surface area contributed by atoms with Gasteiger partial charge in [-0.3, -0.25) is 4.90 Å². The number of hydrogen-bond donors (Lipinski definition) is 1. The molecule has 5 heteroatoms. The van der Waals surface area contributed by atoms with E-state index < -0.39 is 0 Å². The second-order valence-corrected chi connectivity index (χ2v) is 6.20. The second kappa shape index (κ2) is 6.68. The Morgan fingerprint density at radius 3 is 2.80 bits per heavy atom. The number of nitrogens with one attached hydrogen (secondary N) is 1. The smallest absolute Gasteiger partial charge is 0.213 e. The summed E-state index contributed by atoms with van der Waals surface area (Å²) in [4.78, 5) is 6.85. The van der Waals surface area contributed by atoms with Gasteiger partial charge >= 0.3 is 0 Å². The first-order valence-corrected chi connectivity index (χ1v) is 8.11. The highest BCUT2D eigenvalue weighted by Gasteiger charge is 2.37. The summed E-state index contributed by atoms with van der Waals surface area (Å²) in [7, 11) is 0. The van der Waals surface area contributed by atoms with Crippen LogP contribution >= 0.6 is 0 Å². The fraction of sp³-hybridized carbons (Fsp3) is 0.867. The SMILES string of the molecule is CCCNC1CC2CCCC(C1)N2CCc1ncon1. The van der Waals surface area contributed by atoms with Crippen molar-refractivity contribution < 1.29 is 4.52 Å². The van der Waals surface area contributed by atoms with Gasteiger partial charge in [-0.2, -0.15) is 4.98 Å². The van der Waals surface area contributed by atoms with Gasteiger partial charge in [0.05, 0.1) is 0 Å². The molecule has 3 rings (SSSR count). The van der Waals surface area contributed by atoms with Gasteiger partial charge in [0.1, 0.15) is 0 Å². The standard InChI is InChI=1S/C15H26N4O/c1-2-7-16-12-9-13-4-3-5-14(10-12)19(13)8-6-15-17-11-20-18-15/h11-14,16H,2-10H2,1H3. The van der Waals surface area contributed by atoms with Crippen molar-refractivity contribution in [2.75, 3.05) is 13.1 Å². The molecule has 112 valence electrons. The minimum absolute atomic E-state index is 0.728. The molecule has 2 atom stereocenters. The highest BCUT2D eigenvalue weighted by molar-refractivity contribution is 4.96. The first-order valence-electron chi connectivity index (χ1n) is 8.11. The zero-order valence-electron chi connectivity index (χ0n) is 12.4. The topological polar surface area (TPSA) is 54.2 Å². The Balaban J connectivity index is 1.55. The predicted molar refractivity (Wildman–Crippen MR) is 77.5 cm³/mol. The van der Waals surface area contributed by atoms with E-state index in [9.17, 15) is 0 Å². The van der Waals surface area contributed by atoms with Crippen LogP contribution in [0, 0.1) is 0 Å². The van der Waals surface area contributed by atoms with Gasteiger partial charge in [0.2, 0.25) is 6.39 Å². The molecule has 2 unspecified atom stereocenters. The molecule has 2 aliphatic rings. The van der Waals surface area contributed by atoms with Crippen molar-refractivity contribution in [1.29, 1.82) is 0 Å². The third kappa shape index (κ3) is 3.20. The molecule has 3 heterocycles. The molecule has 2 bridgehead atoms. The van der Waals surface area contributed by atoms with Crippen molar-refractivity contribution in [3.05, 3.63) is 12.2 Å². The molecule has 20 heavy (non-hydrogen) atoms. The van der Waals surface area contributed by atoms with Gasteiger partial charge in [0.15, 0.2) is 5.82 Å². The Morgan fingerprint density at radius 1 is 1.35 bits per heavy atom. The van der Waals surface area contributed by atoms with E-state index in [0.717, 1.165) is 43.5 Å². The molecule has 0 saturated carbocycles. The van der Waals surface area contributed by atoms with Crippen LogP contribution in [0.2, 0.25) is 0 Å². The molecule has 0 radical (unpaired) electrons. The molecule has 2 fully saturated rings. The molecular weight excluding hydrogens is 252 g/mol. The fourth-order valence-electron chi connectivity index (χ4n) is 3.89. The quantitative estimate of drug-likeness (QED) is 0.862. The summed E-state index contributed by atoms with van der Waals surface area (Å²) in [5.74, 6) is 0.842. The lowest BCUT2D eigenvalue weighted by Gasteiger charge is -2.49. The summed E-state index contributed by atoms with van der Waals surface area (Å²) >= 11 is 0. The Morgan fingerprint density at radius 2 is 2.15 bits per heavy atom. The van der Waals surface area contributed by atoms with Gasteiger partial charge in [-0.15, -0.1) is 0 Å². The number of rotatable bonds is 6. The maximum atomic E-state index is 4.82. The van der Waals surface area contributed by atoms with Crippen LogP contribution in [-0.2, 0) is 6.42 Å². The largest absolute Gasteiger partial charge is 0.343 e. The molecule has 0 spiro atoms.